The van der Waals surface area contributed by atoms with Crippen molar-refractivity contribution >= 4 is 34.8 Å². The van der Waals surface area contributed by atoms with Crippen LogP contribution in [0.15, 0.2) is 24.3 Å². The van der Waals surface area contributed by atoms with Crippen molar-refractivity contribution in [2.45, 2.75) is 13.8 Å². The lowest BCUT2D eigenvalue weighted by Gasteiger charge is -2.09. The van der Waals surface area contributed by atoms with Crippen LogP contribution in [-0.4, -0.2) is 4.98 Å². The van der Waals surface area contributed by atoms with Crippen molar-refractivity contribution in [1.82, 2.24) is 4.98 Å². The number of hydrogen-bond donors (Lipinski definition) is 0. The van der Waals surface area contributed by atoms with Gasteiger partial charge in [-0.15, -0.1) is 0 Å². The molecule has 1 nitrogen and oxygen atoms in total. The summed E-state index contributed by atoms with van der Waals surface area (Å²) in [5.74, 6) is 0. The molecule has 0 fully saturated rings. The largest absolute Gasteiger partial charge is 0.233 e. The molecular formula is C13H10Cl3N. The Kier molecular flexibility index (Phi) is 3.62. The second-order valence-electron chi connectivity index (χ2n) is 3.91. The number of benzene rings is 1. The van der Waals surface area contributed by atoms with E-state index in [1.807, 2.05) is 26.0 Å². The second kappa shape index (κ2) is 4.85. The first-order chi connectivity index (χ1) is 7.99. The summed E-state index contributed by atoms with van der Waals surface area (Å²) < 4.78 is 0. The van der Waals surface area contributed by atoms with E-state index in [9.17, 15) is 0 Å². The fourth-order valence-electron chi connectivity index (χ4n) is 1.71. The molecule has 1 aromatic carbocycles. The zero-order valence-corrected chi connectivity index (χ0v) is 11.7. The molecule has 0 radical (unpaired) electrons. The highest BCUT2D eigenvalue weighted by molar-refractivity contribution is 6.43. The van der Waals surface area contributed by atoms with E-state index in [1.54, 1.807) is 6.07 Å². The first kappa shape index (κ1) is 12.7. The highest BCUT2D eigenvalue weighted by atomic mass is 35.5. The molecule has 0 N–H and O–H groups in total. The first-order valence-corrected chi connectivity index (χ1v) is 6.21. The molecule has 1 heterocycles. The Morgan fingerprint density at radius 1 is 0.941 bits per heavy atom. The monoisotopic (exact) mass is 285 g/mol. The standard InChI is InChI=1S/C13H10Cl3N/c1-7-3-4-9(8(2)5-7)12-10(14)6-11(15)13(16)17-12/h3-6H,1-2H3. The average molecular weight is 287 g/mol. The molecular weight excluding hydrogens is 277 g/mol. The average Bonchev–Trinajstić information content (AvgIpc) is 2.24. The maximum absolute atomic E-state index is 6.14. The third-order valence-corrected chi connectivity index (χ3v) is 3.48. The summed E-state index contributed by atoms with van der Waals surface area (Å²) >= 11 is 17.9. The molecule has 0 atom stereocenters. The van der Waals surface area contributed by atoms with Gasteiger partial charge in [-0.2, -0.15) is 0 Å². The van der Waals surface area contributed by atoms with Gasteiger partial charge in [-0.1, -0.05) is 58.6 Å². The van der Waals surface area contributed by atoms with E-state index in [2.05, 4.69) is 11.1 Å². The van der Waals surface area contributed by atoms with Crippen LogP contribution in [0.2, 0.25) is 15.2 Å². The molecule has 0 amide bonds. The van der Waals surface area contributed by atoms with Crippen molar-refractivity contribution in [1.29, 1.82) is 0 Å². The van der Waals surface area contributed by atoms with Gasteiger partial charge in [-0.25, -0.2) is 4.98 Å². The summed E-state index contributed by atoms with van der Waals surface area (Å²) in [6.45, 7) is 4.06. The van der Waals surface area contributed by atoms with Crippen LogP contribution in [-0.2, 0) is 0 Å². The van der Waals surface area contributed by atoms with Gasteiger partial charge in [0.15, 0.2) is 0 Å². The van der Waals surface area contributed by atoms with Crippen LogP contribution in [0.5, 0.6) is 0 Å². The minimum Gasteiger partial charge on any atom is -0.233 e. The minimum absolute atomic E-state index is 0.269. The molecule has 0 spiro atoms. The molecule has 0 saturated carbocycles. The van der Waals surface area contributed by atoms with Crippen LogP contribution in [0.1, 0.15) is 11.1 Å². The van der Waals surface area contributed by atoms with Gasteiger partial charge in [0.1, 0.15) is 5.15 Å². The molecule has 2 rings (SSSR count). The molecule has 88 valence electrons. The molecule has 4 heteroatoms. The molecule has 17 heavy (non-hydrogen) atoms. The Balaban J connectivity index is 2.64. The van der Waals surface area contributed by atoms with Crippen molar-refractivity contribution in [2.24, 2.45) is 0 Å². The maximum atomic E-state index is 6.14. The Labute approximate surface area is 115 Å². The number of rotatable bonds is 1. The quantitative estimate of drug-likeness (QED) is 0.646. The number of aromatic nitrogens is 1. The highest BCUT2D eigenvalue weighted by Crippen LogP contribution is 2.33. The number of halogens is 3. The van der Waals surface area contributed by atoms with Crippen LogP contribution in [0, 0.1) is 13.8 Å². The van der Waals surface area contributed by atoms with Crippen molar-refractivity contribution < 1.29 is 0 Å². The lowest BCUT2D eigenvalue weighted by atomic mass is 10.0. The van der Waals surface area contributed by atoms with E-state index in [0.717, 1.165) is 11.1 Å². The van der Waals surface area contributed by atoms with E-state index >= 15 is 0 Å². The van der Waals surface area contributed by atoms with Gasteiger partial charge in [-0.3, -0.25) is 0 Å². The summed E-state index contributed by atoms with van der Waals surface area (Å²) in [4.78, 5) is 4.23. The van der Waals surface area contributed by atoms with Gasteiger partial charge in [0, 0.05) is 5.56 Å². The molecule has 1 aromatic heterocycles. The smallest absolute Gasteiger partial charge is 0.148 e. The summed E-state index contributed by atoms with van der Waals surface area (Å²) in [5.41, 5.74) is 3.94. The fourth-order valence-corrected chi connectivity index (χ4v) is 2.31. The normalized spacial score (nSPS) is 10.6. The third kappa shape index (κ3) is 2.57. The predicted octanol–water partition coefficient (Wildman–Crippen LogP) is 5.33. The third-order valence-electron chi connectivity index (χ3n) is 2.52. The number of pyridine rings is 1. The van der Waals surface area contributed by atoms with E-state index in [-0.39, 0.29) is 5.15 Å². The first-order valence-electron chi connectivity index (χ1n) is 5.08. The topological polar surface area (TPSA) is 12.9 Å². The number of nitrogens with zero attached hydrogens (tertiary/aromatic N) is 1. The molecule has 0 aliphatic heterocycles. The van der Waals surface area contributed by atoms with E-state index in [4.69, 9.17) is 34.8 Å². The van der Waals surface area contributed by atoms with Gasteiger partial charge in [-0.05, 0) is 25.5 Å². The molecule has 0 aliphatic rings. The Morgan fingerprint density at radius 3 is 2.29 bits per heavy atom. The maximum Gasteiger partial charge on any atom is 0.148 e. The van der Waals surface area contributed by atoms with Gasteiger partial charge in [0.25, 0.3) is 0 Å². The zero-order valence-electron chi connectivity index (χ0n) is 9.39. The lowest BCUT2D eigenvalue weighted by molar-refractivity contribution is 1.29. The van der Waals surface area contributed by atoms with Gasteiger partial charge in [0.2, 0.25) is 0 Å². The van der Waals surface area contributed by atoms with Gasteiger partial charge in [0.05, 0.1) is 15.7 Å². The van der Waals surface area contributed by atoms with E-state index < -0.39 is 0 Å². The predicted molar refractivity (Wildman–Crippen MR) is 74.2 cm³/mol. The Bertz CT molecular complexity index is 579. The van der Waals surface area contributed by atoms with Crippen molar-refractivity contribution in [3.05, 3.63) is 50.6 Å². The lowest BCUT2D eigenvalue weighted by Crippen LogP contribution is -1.90. The summed E-state index contributed by atoms with van der Waals surface area (Å²) in [7, 11) is 0. The van der Waals surface area contributed by atoms with Crippen molar-refractivity contribution in [3.8, 4) is 11.3 Å². The van der Waals surface area contributed by atoms with Crippen LogP contribution < -0.4 is 0 Å². The summed E-state index contributed by atoms with van der Waals surface area (Å²) in [6.07, 6.45) is 0. The summed E-state index contributed by atoms with van der Waals surface area (Å²) in [6, 6.07) is 7.70. The van der Waals surface area contributed by atoms with Crippen LogP contribution in [0.25, 0.3) is 11.3 Å². The summed E-state index contributed by atoms with van der Waals surface area (Å²) in [5, 5.41) is 1.14. The van der Waals surface area contributed by atoms with E-state index in [1.165, 1.54) is 5.56 Å². The highest BCUT2D eigenvalue weighted by Gasteiger charge is 2.11. The van der Waals surface area contributed by atoms with E-state index in [0.29, 0.717) is 15.7 Å². The second-order valence-corrected chi connectivity index (χ2v) is 5.08. The number of aryl methyl sites for hydroxylation is 2. The number of hydrogen-bond acceptors (Lipinski definition) is 1. The minimum atomic E-state index is 0.269. The van der Waals surface area contributed by atoms with Crippen molar-refractivity contribution in [2.75, 3.05) is 0 Å². The molecule has 0 saturated heterocycles. The Morgan fingerprint density at radius 2 is 1.65 bits per heavy atom. The molecule has 0 unspecified atom stereocenters. The molecule has 0 bridgehead atoms. The van der Waals surface area contributed by atoms with Crippen molar-refractivity contribution in [3.63, 3.8) is 0 Å². The zero-order chi connectivity index (χ0) is 12.6. The Hall–Kier alpha value is -0.760. The van der Waals surface area contributed by atoms with Gasteiger partial charge >= 0.3 is 0 Å². The van der Waals surface area contributed by atoms with Crippen LogP contribution in [0.3, 0.4) is 0 Å². The fraction of sp³-hybridized carbons (Fsp3) is 0.154. The SMILES string of the molecule is Cc1ccc(-c2nc(Cl)c(Cl)cc2Cl)c(C)c1. The van der Waals surface area contributed by atoms with Crippen LogP contribution in [0.4, 0.5) is 0 Å². The molecule has 0 aliphatic carbocycles. The van der Waals surface area contributed by atoms with Gasteiger partial charge < -0.3 is 0 Å². The molecule has 2 aromatic rings. The van der Waals surface area contributed by atoms with Crippen LogP contribution >= 0.6 is 34.8 Å².